The van der Waals surface area contributed by atoms with E-state index in [-0.39, 0.29) is 36.1 Å². The highest BCUT2D eigenvalue weighted by molar-refractivity contribution is 5.64. The van der Waals surface area contributed by atoms with Crippen LogP contribution in [0.15, 0.2) is 107 Å². The Morgan fingerprint density at radius 3 is 1.26 bits per heavy atom. The number of alkyl halides is 6. The molecule has 0 bridgehead atoms. The van der Waals surface area contributed by atoms with Crippen molar-refractivity contribution in [3.63, 3.8) is 0 Å². The largest absolute Gasteiger partial charge is 0.418 e. The molecule has 8 rings (SSSR count). The van der Waals surface area contributed by atoms with Gasteiger partial charge in [0.05, 0.1) is 50.0 Å². The van der Waals surface area contributed by atoms with E-state index < -0.39 is 71.5 Å². The Bertz CT molecular complexity index is 2770. The van der Waals surface area contributed by atoms with Crippen molar-refractivity contribution >= 4 is 11.6 Å². The minimum Gasteiger partial charge on any atom is -0.379 e. The van der Waals surface area contributed by atoms with Crippen molar-refractivity contribution in [2.45, 2.75) is 50.5 Å². The van der Waals surface area contributed by atoms with E-state index >= 15 is 0 Å². The quantitative estimate of drug-likeness (QED) is 0.0761. The van der Waals surface area contributed by atoms with Crippen LogP contribution in [-0.2, 0) is 13.1 Å². The third-order valence-corrected chi connectivity index (χ3v) is 9.88. The van der Waals surface area contributed by atoms with Gasteiger partial charge in [0.15, 0.2) is 46.1 Å². The Labute approximate surface area is 376 Å². The zero-order chi connectivity index (χ0) is 49.0. The number of hydrogen-bond donors (Lipinski definition) is 4. The molecule has 2 aromatic carbocycles. The normalized spacial score (nSPS) is 13.6. The summed E-state index contributed by atoms with van der Waals surface area (Å²) in [7, 11) is 0. The molecule has 2 unspecified atom stereocenters. The average molecular weight is 961 g/mol. The first-order chi connectivity index (χ1) is 32.1. The number of nitrogens with one attached hydrogen (secondary N) is 2. The van der Waals surface area contributed by atoms with Gasteiger partial charge in [-0.25, -0.2) is 37.5 Å². The summed E-state index contributed by atoms with van der Waals surface area (Å²) in [4.78, 5) is 15.6. The summed E-state index contributed by atoms with van der Waals surface area (Å²) in [5.41, 5.74) is -3.76. The second kappa shape index (κ2) is 19.2. The van der Waals surface area contributed by atoms with Gasteiger partial charge in [0, 0.05) is 23.3 Å². The van der Waals surface area contributed by atoms with E-state index in [4.69, 9.17) is 9.05 Å². The van der Waals surface area contributed by atoms with Crippen LogP contribution in [0.2, 0.25) is 0 Å². The number of hydrogen-bond acceptors (Lipinski definition) is 14. The van der Waals surface area contributed by atoms with Crippen LogP contribution in [0.3, 0.4) is 0 Å². The van der Waals surface area contributed by atoms with Crippen molar-refractivity contribution in [2.75, 3.05) is 23.7 Å². The lowest BCUT2D eigenvalue weighted by Crippen LogP contribution is -2.47. The fourth-order valence-corrected chi connectivity index (χ4v) is 5.91. The molecule has 16 nitrogen and oxygen atoms in total. The van der Waals surface area contributed by atoms with Crippen LogP contribution in [0.1, 0.15) is 25.0 Å². The minimum absolute atomic E-state index is 0.00954. The molecule has 2 atom stereocenters. The van der Waals surface area contributed by atoms with Crippen LogP contribution >= 0.6 is 0 Å². The van der Waals surface area contributed by atoms with Crippen LogP contribution in [0.4, 0.5) is 55.5 Å². The predicted molar refractivity (Wildman–Crippen MR) is 219 cm³/mol. The van der Waals surface area contributed by atoms with Gasteiger partial charge in [-0.1, -0.05) is 46.7 Å². The number of anilines is 2. The maximum atomic E-state index is 14.2. The molecule has 68 heavy (non-hydrogen) atoms. The molecule has 0 aliphatic rings. The first-order valence-electron chi connectivity index (χ1n) is 19.7. The van der Waals surface area contributed by atoms with Crippen molar-refractivity contribution in [3.05, 3.63) is 132 Å². The lowest BCUT2D eigenvalue weighted by atomic mass is 10.1. The fraction of sp³-hybridized carbons (Fsp3) is 0.238. The first-order valence-corrected chi connectivity index (χ1v) is 19.7. The molecular weight excluding hydrogens is 927 g/mol. The molecule has 0 saturated carbocycles. The van der Waals surface area contributed by atoms with Crippen molar-refractivity contribution in [1.82, 2.24) is 49.8 Å². The molecule has 8 aromatic rings. The van der Waals surface area contributed by atoms with Crippen LogP contribution in [0, 0.1) is 23.3 Å². The van der Waals surface area contributed by atoms with Crippen LogP contribution in [0.5, 0.6) is 0 Å². The SMILES string of the molecule is CC(O)(CNc1nc(-c2cc(-c3ccon3)n(Cc3ccccc3F)n2)ncc1F)C(F)(F)F.CC(O)(CNc1nc(-c2cc(-c3ccon3)n(Cc3ccccc3F)n2)ncc1F)C(F)(F)F. The minimum atomic E-state index is -4.94. The van der Waals surface area contributed by atoms with Crippen molar-refractivity contribution in [1.29, 1.82) is 0 Å². The summed E-state index contributed by atoms with van der Waals surface area (Å²) in [5.74, 6) is -4.30. The number of rotatable bonds is 14. The van der Waals surface area contributed by atoms with Crippen LogP contribution in [-0.4, -0.2) is 96.7 Å². The molecule has 0 saturated heterocycles. The molecule has 4 N–H and O–H groups in total. The predicted octanol–water partition coefficient (Wildman–Crippen LogP) is 8.09. The van der Waals surface area contributed by atoms with E-state index in [0.717, 1.165) is 12.4 Å². The molecule has 356 valence electrons. The number of nitrogens with zero attached hydrogens (tertiary/aromatic N) is 10. The summed E-state index contributed by atoms with van der Waals surface area (Å²) in [5, 5.41) is 39.9. The van der Waals surface area contributed by atoms with E-state index in [0.29, 0.717) is 47.8 Å². The molecule has 6 aromatic heterocycles. The van der Waals surface area contributed by atoms with Crippen molar-refractivity contribution in [2.24, 2.45) is 0 Å². The van der Waals surface area contributed by atoms with Crippen LogP contribution in [0.25, 0.3) is 45.8 Å². The standard InChI is InChI=1S/2C21H17F5N6O2/c2*1-20(33,21(24,25)26)11-28-18-14(23)9-27-19(29-18)16-8-17(15-6-7-34-31-15)32(30-16)10-12-4-2-3-5-13(12)22/h2*2-9,33H,10-11H2,1H3,(H,27,28,29). The van der Waals surface area contributed by atoms with Gasteiger partial charge in [0.2, 0.25) is 0 Å². The Hall–Kier alpha value is -7.74. The average Bonchev–Trinajstić information content (AvgIpc) is 4.13. The molecule has 26 heteroatoms. The second-order valence-electron chi connectivity index (χ2n) is 15.1. The van der Waals surface area contributed by atoms with E-state index in [1.54, 1.807) is 48.5 Å². The van der Waals surface area contributed by atoms with Gasteiger partial charge in [-0.3, -0.25) is 9.36 Å². The molecule has 0 radical (unpaired) electrons. The van der Waals surface area contributed by atoms with Crippen molar-refractivity contribution in [3.8, 4) is 45.8 Å². The first kappa shape index (κ1) is 48.2. The number of halogens is 10. The van der Waals surface area contributed by atoms with E-state index in [1.807, 2.05) is 0 Å². The number of benzene rings is 2. The van der Waals surface area contributed by atoms with Gasteiger partial charge in [-0.05, 0) is 38.1 Å². The highest BCUT2D eigenvalue weighted by Crippen LogP contribution is 2.33. The molecule has 0 spiro atoms. The van der Waals surface area contributed by atoms with E-state index in [9.17, 15) is 54.1 Å². The Morgan fingerprint density at radius 1 is 0.544 bits per heavy atom. The molecule has 6 heterocycles. The zero-order valence-electron chi connectivity index (χ0n) is 35.0. The summed E-state index contributed by atoms with van der Waals surface area (Å²) < 4.78 is 147. The summed E-state index contributed by atoms with van der Waals surface area (Å²) in [6.45, 7) is -0.972. The molecule has 0 aliphatic heterocycles. The van der Waals surface area contributed by atoms with Gasteiger partial charge in [0.1, 0.15) is 46.9 Å². The third kappa shape index (κ3) is 10.9. The maximum absolute atomic E-state index is 14.2. The molecule has 0 fully saturated rings. The number of aromatic nitrogens is 10. The highest BCUT2D eigenvalue weighted by Gasteiger charge is 2.50. The lowest BCUT2D eigenvalue weighted by molar-refractivity contribution is -0.247. The van der Waals surface area contributed by atoms with Gasteiger partial charge < -0.3 is 29.9 Å². The molecular formula is C42H34F10N12O4. The Balaban J connectivity index is 0.000000201. The zero-order valence-corrected chi connectivity index (χ0v) is 35.0. The van der Waals surface area contributed by atoms with Crippen LogP contribution < -0.4 is 10.6 Å². The second-order valence-corrected chi connectivity index (χ2v) is 15.1. The molecule has 0 aliphatic carbocycles. The maximum Gasteiger partial charge on any atom is 0.418 e. The van der Waals surface area contributed by atoms with E-state index in [2.05, 4.69) is 51.1 Å². The summed E-state index contributed by atoms with van der Waals surface area (Å²) in [6.07, 6.45) is -5.69. The van der Waals surface area contributed by atoms with Gasteiger partial charge in [0.25, 0.3) is 0 Å². The van der Waals surface area contributed by atoms with Gasteiger partial charge >= 0.3 is 12.4 Å². The number of aliphatic hydroxyl groups is 2. The summed E-state index contributed by atoms with van der Waals surface area (Å²) >= 11 is 0. The van der Waals surface area contributed by atoms with Gasteiger partial charge in [-0.2, -0.15) is 36.5 Å². The summed E-state index contributed by atoms with van der Waals surface area (Å²) in [6, 6.07) is 18.3. The topological polar surface area (TPSA) is 204 Å². The Morgan fingerprint density at radius 2 is 0.926 bits per heavy atom. The fourth-order valence-electron chi connectivity index (χ4n) is 5.91. The highest BCUT2D eigenvalue weighted by atomic mass is 19.4. The molecule has 0 amide bonds. The third-order valence-electron chi connectivity index (χ3n) is 9.88. The van der Waals surface area contributed by atoms with Crippen molar-refractivity contribution < 1.29 is 63.2 Å². The van der Waals surface area contributed by atoms with Gasteiger partial charge in [-0.15, -0.1) is 0 Å². The smallest absolute Gasteiger partial charge is 0.379 e. The van der Waals surface area contributed by atoms with E-state index in [1.165, 1.54) is 46.2 Å². The Kier molecular flexibility index (Phi) is 13.6. The monoisotopic (exact) mass is 960 g/mol. The lowest BCUT2D eigenvalue weighted by Gasteiger charge is -2.26.